The molecule has 0 aromatic heterocycles. The molecule has 258 valence electrons. The van der Waals surface area contributed by atoms with Crippen LogP contribution in [0.1, 0.15) is 50.9 Å². The van der Waals surface area contributed by atoms with Gasteiger partial charge in [0, 0.05) is 21.8 Å². The molecule has 5 aromatic rings. The predicted molar refractivity (Wildman–Crippen MR) is 201 cm³/mol. The second-order valence-corrected chi connectivity index (χ2v) is 12.2. The first-order chi connectivity index (χ1) is 24.8. The first-order valence-electron chi connectivity index (χ1n) is 16.3. The van der Waals surface area contributed by atoms with Crippen LogP contribution in [-0.2, 0) is 14.3 Å². The van der Waals surface area contributed by atoms with Crippen LogP contribution in [0.5, 0.6) is 5.75 Å². The monoisotopic (exact) mass is 699 g/mol. The number of thioether (sulfide) groups is 1. The topological polar surface area (TPSA) is 123 Å². The van der Waals surface area contributed by atoms with E-state index in [0.717, 1.165) is 10.5 Å². The number of hydrogen-bond donors (Lipinski definition) is 3. The van der Waals surface area contributed by atoms with Crippen molar-refractivity contribution >= 4 is 52.9 Å². The Labute approximate surface area is 301 Å². The van der Waals surface area contributed by atoms with Crippen LogP contribution in [0, 0.1) is 0 Å². The SMILES string of the molecule is CCOC(=O)c1ccc(NC(=O)C(Sc2ccc(NC(=O)/C(=C/c3ccc(OCC)cc3)NC(=O)c3ccccc3)cc2)c2ccccc2)cc1. The van der Waals surface area contributed by atoms with Crippen molar-refractivity contribution in [2.24, 2.45) is 0 Å². The number of carbonyl (C=O) groups excluding carboxylic acids is 4. The third-order valence-corrected chi connectivity index (χ3v) is 8.67. The van der Waals surface area contributed by atoms with E-state index in [0.29, 0.717) is 40.4 Å². The Morgan fingerprint density at radius 2 is 1.27 bits per heavy atom. The Kier molecular flexibility index (Phi) is 12.8. The van der Waals surface area contributed by atoms with E-state index in [1.54, 1.807) is 97.9 Å². The molecule has 0 aliphatic carbocycles. The van der Waals surface area contributed by atoms with E-state index in [1.807, 2.05) is 55.5 Å². The van der Waals surface area contributed by atoms with Crippen molar-refractivity contribution in [1.29, 1.82) is 0 Å². The summed E-state index contributed by atoms with van der Waals surface area (Å²) in [5, 5.41) is 7.97. The van der Waals surface area contributed by atoms with Crippen LogP contribution in [-0.4, -0.2) is 36.9 Å². The third-order valence-electron chi connectivity index (χ3n) is 7.40. The lowest BCUT2D eigenvalue weighted by atomic mass is 10.1. The van der Waals surface area contributed by atoms with E-state index < -0.39 is 23.0 Å². The molecule has 0 aliphatic heterocycles. The number of benzene rings is 5. The van der Waals surface area contributed by atoms with Crippen LogP contribution in [0.3, 0.4) is 0 Å². The van der Waals surface area contributed by atoms with Gasteiger partial charge in [-0.05, 0) is 104 Å². The molecule has 10 heteroatoms. The summed E-state index contributed by atoms with van der Waals surface area (Å²) in [6, 6.07) is 38.9. The first-order valence-corrected chi connectivity index (χ1v) is 17.2. The summed E-state index contributed by atoms with van der Waals surface area (Å²) < 4.78 is 10.6. The number of hydrogen-bond acceptors (Lipinski definition) is 7. The predicted octanol–water partition coefficient (Wildman–Crippen LogP) is 8.14. The quantitative estimate of drug-likeness (QED) is 0.0608. The maximum absolute atomic E-state index is 13.6. The maximum Gasteiger partial charge on any atom is 0.338 e. The second kappa shape index (κ2) is 18.0. The minimum Gasteiger partial charge on any atom is -0.494 e. The highest BCUT2D eigenvalue weighted by molar-refractivity contribution is 8.00. The highest BCUT2D eigenvalue weighted by Crippen LogP contribution is 2.37. The molecule has 0 aliphatic rings. The minimum absolute atomic E-state index is 0.0579. The number of ether oxygens (including phenoxy) is 2. The average molecular weight is 700 g/mol. The number of amides is 3. The molecule has 3 amide bonds. The highest BCUT2D eigenvalue weighted by Gasteiger charge is 2.23. The van der Waals surface area contributed by atoms with Gasteiger partial charge in [-0.3, -0.25) is 14.4 Å². The fraction of sp³-hybridized carbons (Fsp3) is 0.122. The van der Waals surface area contributed by atoms with Gasteiger partial charge in [0.25, 0.3) is 11.8 Å². The van der Waals surface area contributed by atoms with Crippen LogP contribution >= 0.6 is 11.8 Å². The standard InChI is InChI=1S/C41H37N3O6S/c1-3-49-34-23-15-28(16-24-34)27-36(44-38(45)30-13-9-6-10-14-30)39(46)42-33-21-25-35(26-22-33)51-37(29-11-7-5-8-12-29)40(47)43-32-19-17-31(18-20-32)41(48)50-4-2/h5-27,37H,3-4H2,1-2H3,(H,42,46)(H,43,47)(H,44,45)/b36-27-. The minimum atomic E-state index is -0.603. The maximum atomic E-state index is 13.6. The molecule has 5 aromatic carbocycles. The van der Waals surface area contributed by atoms with E-state index in [2.05, 4.69) is 16.0 Å². The Balaban J connectivity index is 1.30. The fourth-order valence-corrected chi connectivity index (χ4v) is 5.92. The molecule has 0 saturated heterocycles. The zero-order valence-electron chi connectivity index (χ0n) is 28.1. The van der Waals surface area contributed by atoms with Crippen LogP contribution in [0.25, 0.3) is 6.08 Å². The lowest BCUT2D eigenvalue weighted by molar-refractivity contribution is -0.116. The van der Waals surface area contributed by atoms with Crippen molar-refractivity contribution in [3.63, 3.8) is 0 Å². The van der Waals surface area contributed by atoms with Gasteiger partial charge in [0.1, 0.15) is 16.7 Å². The molecule has 0 fully saturated rings. The van der Waals surface area contributed by atoms with E-state index in [1.165, 1.54) is 11.8 Å². The van der Waals surface area contributed by atoms with Gasteiger partial charge in [-0.25, -0.2) is 4.79 Å². The van der Waals surface area contributed by atoms with Crippen molar-refractivity contribution in [2.45, 2.75) is 24.0 Å². The molecule has 5 rings (SSSR count). The Hall–Kier alpha value is -6.13. The molecule has 0 bridgehead atoms. The van der Waals surface area contributed by atoms with Crippen LogP contribution in [0.4, 0.5) is 11.4 Å². The Morgan fingerprint density at radius 1 is 0.667 bits per heavy atom. The summed E-state index contributed by atoms with van der Waals surface area (Å²) in [5.41, 5.74) is 3.41. The van der Waals surface area contributed by atoms with Crippen molar-refractivity contribution in [1.82, 2.24) is 5.32 Å². The number of anilines is 2. The van der Waals surface area contributed by atoms with Crippen LogP contribution in [0.2, 0.25) is 0 Å². The molecule has 1 atom stereocenters. The second-order valence-electron chi connectivity index (χ2n) is 11.1. The summed E-state index contributed by atoms with van der Waals surface area (Å²) in [6.45, 7) is 4.44. The molecule has 3 N–H and O–H groups in total. The normalized spacial score (nSPS) is 11.5. The van der Waals surface area contributed by atoms with Crippen molar-refractivity contribution in [2.75, 3.05) is 23.8 Å². The summed E-state index contributed by atoms with van der Waals surface area (Å²) >= 11 is 1.35. The van der Waals surface area contributed by atoms with Gasteiger partial charge in [0.05, 0.1) is 18.8 Å². The van der Waals surface area contributed by atoms with Crippen LogP contribution < -0.4 is 20.7 Å². The van der Waals surface area contributed by atoms with Gasteiger partial charge in [-0.15, -0.1) is 11.8 Å². The third kappa shape index (κ3) is 10.4. The van der Waals surface area contributed by atoms with Gasteiger partial charge in [0.2, 0.25) is 5.91 Å². The number of esters is 1. The fourth-order valence-electron chi connectivity index (χ4n) is 4.90. The average Bonchev–Trinajstić information content (AvgIpc) is 3.16. The summed E-state index contributed by atoms with van der Waals surface area (Å²) in [4.78, 5) is 53.0. The molecule has 0 radical (unpaired) electrons. The molecule has 0 spiro atoms. The van der Waals surface area contributed by atoms with Crippen molar-refractivity contribution in [3.05, 3.63) is 161 Å². The van der Waals surface area contributed by atoms with Gasteiger partial charge >= 0.3 is 5.97 Å². The Bertz CT molecular complexity index is 1970. The van der Waals surface area contributed by atoms with E-state index in [9.17, 15) is 19.2 Å². The van der Waals surface area contributed by atoms with E-state index in [-0.39, 0.29) is 18.2 Å². The van der Waals surface area contributed by atoms with Gasteiger partial charge < -0.3 is 25.4 Å². The molecule has 1 unspecified atom stereocenters. The highest BCUT2D eigenvalue weighted by atomic mass is 32.2. The Morgan fingerprint density at radius 3 is 1.90 bits per heavy atom. The van der Waals surface area contributed by atoms with Crippen molar-refractivity contribution < 1.29 is 28.7 Å². The van der Waals surface area contributed by atoms with Crippen LogP contribution in [0.15, 0.2) is 144 Å². The summed E-state index contributed by atoms with van der Waals surface area (Å²) in [7, 11) is 0. The zero-order valence-corrected chi connectivity index (χ0v) is 28.9. The lowest BCUT2D eigenvalue weighted by Crippen LogP contribution is -2.30. The smallest absolute Gasteiger partial charge is 0.338 e. The van der Waals surface area contributed by atoms with Gasteiger partial charge in [0.15, 0.2) is 0 Å². The van der Waals surface area contributed by atoms with E-state index >= 15 is 0 Å². The number of nitrogens with one attached hydrogen (secondary N) is 3. The number of carbonyl (C=O) groups is 4. The lowest BCUT2D eigenvalue weighted by Gasteiger charge is -2.18. The number of rotatable bonds is 14. The van der Waals surface area contributed by atoms with Crippen molar-refractivity contribution in [3.8, 4) is 5.75 Å². The molecule has 9 nitrogen and oxygen atoms in total. The van der Waals surface area contributed by atoms with Gasteiger partial charge in [-0.1, -0.05) is 60.7 Å². The molecular formula is C41H37N3O6S. The van der Waals surface area contributed by atoms with E-state index in [4.69, 9.17) is 9.47 Å². The molecule has 0 saturated carbocycles. The zero-order chi connectivity index (χ0) is 36.0. The molecular weight excluding hydrogens is 663 g/mol. The first kappa shape index (κ1) is 36.2. The summed E-state index contributed by atoms with van der Waals surface area (Å²) in [5.74, 6) is -0.905. The largest absolute Gasteiger partial charge is 0.494 e. The molecule has 0 heterocycles. The summed E-state index contributed by atoms with van der Waals surface area (Å²) in [6.07, 6.45) is 1.60. The van der Waals surface area contributed by atoms with Gasteiger partial charge in [-0.2, -0.15) is 0 Å². The molecule has 51 heavy (non-hydrogen) atoms.